The summed E-state index contributed by atoms with van der Waals surface area (Å²) in [6, 6.07) is 16.0. The van der Waals surface area contributed by atoms with Crippen LogP contribution in [0.1, 0.15) is 23.2 Å². The lowest BCUT2D eigenvalue weighted by Gasteiger charge is -2.37. The molecule has 3 aromatic rings. The summed E-state index contributed by atoms with van der Waals surface area (Å²) in [5.41, 5.74) is 4.04. The molecular weight excluding hydrogens is 446 g/mol. The van der Waals surface area contributed by atoms with Crippen LogP contribution in [-0.4, -0.2) is 27.6 Å². The second kappa shape index (κ2) is 7.16. The summed E-state index contributed by atoms with van der Waals surface area (Å²) in [6.45, 7) is 2.67. The van der Waals surface area contributed by atoms with E-state index in [0.29, 0.717) is 18.4 Å². The fourth-order valence-corrected chi connectivity index (χ4v) is 6.99. The van der Waals surface area contributed by atoms with Crippen molar-refractivity contribution in [3.8, 4) is 0 Å². The molecule has 0 unspecified atom stereocenters. The highest BCUT2D eigenvalue weighted by Crippen LogP contribution is 2.65. The van der Waals surface area contributed by atoms with E-state index >= 15 is 0 Å². The molecule has 2 aromatic carbocycles. The molecule has 4 aliphatic carbocycles. The van der Waals surface area contributed by atoms with Crippen LogP contribution in [0.2, 0.25) is 5.02 Å². The SMILES string of the molecule is Cc1c(/C=N\N2C(=O)[C@@H]3[C@H]4C=C[C@H]([C@H]5C[C@H]45)[C@@H]3C2=O)c2ccccc2n1Cc1ccccc1Cl. The lowest BCUT2D eigenvalue weighted by atomic mass is 9.63. The Morgan fingerprint density at radius 2 is 1.62 bits per heavy atom. The number of rotatable bonds is 4. The van der Waals surface area contributed by atoms with Crippen molar-refractivity contribution in [3.05, 3.63) is 82.5 Å². The van der Waals surface area contributed by atoms with Crippen molar-refractivity contribution < 1.29 is 9.59 Å². The van der Waals surface area contributed by atoms with Crippen molar-refractivity contribution >= 4 is 40.5 Å². The van der Waals surface area contributed by atoms with E-state index in [1.165, 1.54) is 0 Å². The van der Waals surface area contributed by atoms with Gasteiger partial charge in [-0.1, -0.05) is 60.2 Å². The van der Waals surface area contributed by atoms with Crippen molar-refractivity contribution in [2.75, 3.05) is 0 Å². The fourth-order valence-electron chi connectivity index (χ4n) is 6.79. The van der Waals surface area contributed by atoms with Crippen molar-refractivity contribution in [1.82, 2.24) is 9.58 Å². The first kappa shape index (κ1) is 20.2. The molecular formula is C28H24ClN3O2. The second-order valence-electron chi connectivity index (χ2n) is 10.1. The van der Waals surface area contributed by atoms with E-state index in [-0.39, 0.29) is 35.5 Å². The number of hydrazone groups is 1. The van der Waals surface area contributed by atoms with Gasteiger partial charge in [0.05, 0.1) is 18.1 Å². The molecule has 5 nitrogen and oxygen atoms in total. The molecule has 3 fully saturated rings. The Morgan fingerprint density at radius 3 is 2.32 bits per heavy atom. The third-order valence-corrected chi connectivity index (χ3v) is 8.88. The number of aromatic nitrogens is 1. The first-order chi connectivity index (χ1) is 16.5. The molecule has 1 aliphatic heterocycles. The van der Waals surface area contributed by atoms with Crippen LogP contribution in [0.5, 0.6) is 0 Å². The van der Waals surface area contributed by atoms with E-state index in [9.17, 15) is 9.59 Å². The van der Waals surface area contributed by atoms with Gasteiger partial charge >= 0.3 is 0 Å². The summed E-state index contributed by atoms with van der Waals surface area (Å²) in [6.07, 6.45) is 7.23. The zero-order chi connectivity index (χ0) is 23.1. The molecule has 0 radical (unpaired) electrons. The monoisotopic (exact) mass is 469 g/mol. The number of allylic oxidation sites excluding steroid dienone is 2. The molecule has 1 saturated heterocycles. The minimum atomic E-state index is -0.230. The Hall–Kier alpha value is -3.18. The highest BCUT2D eigenvalue weighted by Gasteiger charge is 2.67. The van der Waals surface area contributed by atoms with E-state index in [4.69, 9.17) is 11.6 Å². The number of carbonyl (C=O) groups excluding carboxylic acids is 2. The third-order valence-electron chi connectivity index (χ3n) is 8.51. The van der Waals surface area contributed by atoms with Gasteiger partial charge in [-0.05, 0) is 54.7 Å². The summed E-state index contributed by atoms with van der Waals surface area (Å²) >= 11 is 6.44. The van der Waals surface area contributed by atoms with Gasteiger partial charge in [-0.2, -0.15) is 10.1 Å². The zero-order valence-electron chi connectivity index (χ0n) is 18.8. The van der Waals surface area contributed by atoms with Gasteiger partial charge in [0.1, 0.15) is 0 Å². The van der Waals surface area contributed by atoms with E-state index in [2.05, 4.69) is 34.0 Å². The van der Waals surface area contributed by atoms with Gasteiger partial charge in [-0.15, -0.1) is 0 Å². The molecule has 5 aliphatic rings. The normalized spacial score (nSPS) is 31.1. The first-order valence-corrected chi connectivity index (χ1v) is 12.3. The summed E-state index contributed by atoms with van der Waals surface area (Å²) in [5, 5.41) is 7.43. The molecule has 2 heterocycles. The van der Waals surface area contributed by atoms with E-state index in [1.807, 2.05) is 43.3 Å². The molecule has 0 N–H and O–H groups in total. The highest BCUT2D eigenvalue weighted by atomic mass is 35.5. The number of hydrogen-bond acceptors (Lipinski definition) is 3. The Labute approximate surface area is 202 Å². The van der Waals surface area contributed by atoms with E-state index < -0.39 is 0 Å². The maximum absolute atomic E-state index is 13.3. The average molecular weight is 470 g/mol. The molecule has 0 spiro atoms. The largest absolute Gasteiger partial charge is 0.340 e. The first-order valence-electron chi connectivity index (χ1n) is 12.0. The standard InChI is InChI=1S/C28H24ClN3O2/c1-15-22(17-7-3-5-9-24(17)31(15)14-16-6-2-4-8-23(16)29)13-30-32-27(33)25-18-10-11-19(21-12-20(18)21)26(25)28(32)34/h2-11,13,18-21,25-26H,12,14H2,1H3/b30-13-/t18-,19+,20-,21-,25+,26-/m1/s1. The Bertz CT molecular complexity index is 1400. The van der Waals surface area contributed by atoms with Crippen molar-refractivity contribution in [2.45, 2.75) is 19.9 Å². The number of hydrogen-bond donors (Lipinski definition) is 0. The molecule has 2 bridgehead atoms. The molecule has 2 saturated carbocycles. The van der Waals surface area contributed by atoms with Gasteiger partial charge in [0.15, 0.2) is 0 Å². The lowest BCUT2D eigenvalue weighted by molar-refractivity contribution is -0.140. The minimum Gasteiger partial charge on any atom is -0.340 e. The Morgan fingerprint density at radius 1 is 0.971 bits per heavy atom. The molecule has 8 rings (SSSR count). The quantitative estimate of drug-likeness (QED) is 0.305. The predicted molar refractivity (Wildman–Crippen MR) is 131 cm³/mol. The van der Waals surface area contributed by atoms with Crippen LogP contribution in [0.25, 0.3) is 10.9 Å². The Kier molecular flexibility index (Phi) is 4.26. The van der Waals surface area contributed by atoms with Gasteiger partial charge in [-0.25, -0.2) is 0 Å². The molecule has 6 atom stereocenters. The van der Waals surface area contributed by atoms with Crippen LogP contribution in [0.3, 0.4) is 0 Å². The number of para-hydroxylation sites is 1. The van der Waals surface area contributed by atoms with Gasteiger partial charge in [0.25, 0.3) is 11.8 Å². The number of imide groups is 1. The van der Waals surface area contributed by atoms with Crippen LogP contribution in [0, 0.1) is 42.4 Å². The predicted octanol–water partition coefficient (Wildman–Crippen LogP) is 5.04. The number of halogens is 1. The maximum Gasteiger partial charge on any atom is 0.254 e. The van der Waals surface area contributed by atoms with Crippen molar-refractivity contribution in [1.29, 1.82) is 0 Å². The lowest BCUT2D eigenvalue weighted by Crippen LogP contribution is -2.40. The number of benzene rings is 2. The van der Waals surface area contributed by atoms with E-state index in [0.717, 1.165) is 44.2 Å². The molecule has 2 amide bonds. The molecule has 6 heteroatoms. The van der Waals surface area contributed by atoms with Gasteiger partial charge in [0.2, 0.25) is 0 Å². The van der Waals surface area contributed by atoms with Gasteiger partial charge in [0, 0.05) is 33.7 Å². The maximum atomic E-state index is 13.3. The molecule has 34 heavy (non-hydrogen) atoms. The van der Waals surface area contributed by atoms with Crippen molar-refractivity contribution in [2.24, 2.45) is 40.6 Å². The fraction of sp³-hybridized carbons (Fsp3) is 0.321. The smallest absolute Gasteiger partial charge is 0.254 e. The van der Waals surface area contributed by atoms with Crippen LogP contribution in [0.15, 0.2) is 65.8 Å². The number of nitrogens with zero attached hydrogens (tertiary/aromatic N) is 3. The summed E-state index contributed by atoms with van der Waals surface area (Å²) in [7, 11) is 0. The summed E-state index contributed by atoms with van der Waals surface area (Å²) in [4.78, 5) is 26.6. The highest BCUT2D eigenvalue weighted by molar-refractivity contribution is 6.31. The van der Waals surface area contributed by atoms with E-state index in [1.54, 1.807) is 6.21 Å². The van der Waals surface area contributed by atoms with Crippen LogP contribution >= 0.6 is 11.6 Å². The molecule has 1 aromatic heterocycles. The van der Waals surface area contributed by atoms with Crippen LogP contribution in [-0.2, 0) is 16.1 Å². The zero-order valence-corrected chi connectivity index (χ0v) is 19.5. The summed E-state index contributed by atoms with van der Waals surface area (Å²) < 4.78 is 2.21. The average Bonchev–Trinajstić information content (AvgIpc) is 3.59. The van der Waals surface area contributed by atoms with Crippen LogP contribution in [0.4, 0.5) is 0 Å². The number of carbonyl (C=O) groups is 2. The second-order valence-corrected chi connectivity index (χ2v) is 10.5. The topological polar surface area (TPSA) is 54.7 Å². The Balaban J connectivity index is 1.25. The van der Waals surface area contributed by atoms with Crippen LogP contribution < -0.4 is 0 Å². The molecule has 170 valence electrons. The van der Waals surface area contributed by atoms with Crippen molar-refractivity contribution in [3.63, 3.8) is 0 Å². The number of amides is 2. The number of fused-ring (bicyclic) bond motifs is 1. The summed E-state index contributed by atoms with van der Waals surface area (Å²) in [5.74, 6) is 0.856. The van der Waals surface area contributed by atoms with Gasteiger partial charge in [-0.3, -0.25) is 9.59 Å². The van der Waals surface area contributed by atoms with Gasteiger partial charge < -0.3 is 4.57 Å². The third kappa shape index (κ3) is 2.70. The minimum absolute atomic E-state index is 0.131.